The lowest BCUT2D eigenvalue weighted by Crippen LogP contribution is -2.34. The fraction of sp³-hybridized carbons (Fsp3) is 0.429. The second kappa shape index (κ2) is 5.21. The van der Waals surface area contributed by atoms with Crippen molar-refractivity contribution in [3.05, 3.63) is 35.9 Å². The van der Waals surface area contributed by atoms with Crippen molar-refractivity contribution in [1.82, 2.24) is 10.2 Å². The van der Waals surface area contributed by atoms with Gasteiger partial charge in [-0.15, -0.1) is 0 Å². The van der Waals surface area contributed by atoms with Crippen LogP contribution in [0.3, 0.4) is 0 Å². The van der Waals surface area contributed by atoms with Gasteiger partial charge in [0.1, 0.15) is 6.04 Å². The Balaban J connectivity index is 2.14. The van der Waals surface area contributed by atoms with Gasteiger partial charge in [-0.3, -0.25) is 9.69 Å². The largest absolute Gasteiger partial charge is 0.325 e. The first-order chi connectivity index (χ1) is 8.63. The summed E-state index contributed by atoms with van der Waals surface area (Å²) in [5, 5.41) is 2.74. The predicted octanol–water partition coefficient (Wildman–Crippen LogP) is 2.33. The maximum atomic E-state index is 12.2. The molecule has 0 aromatic heterocycles. The second-order valence-corrected chi connectivity index (χ2v) is 4.76. The molecule has 1 N–H and O–H groups in total. The van der Waals surface area contributed by atoms with Gasteiger partial charge in [0, 0.05) is 6.54 Å². The van der Waals surface area contributed by atoms with Crippen LogP contribution >= 0.6 is 0 Å². The minimum absolute atomic E-state index is 0.147. The number of rotatable bonds is 4. The van der Waals surface area contributed by atoms with Crippen molar-refractivity contribution < 1.29 is 9.59 Å². The van der Waals surface area contributed by atoms with Gasteiger partial charge >= 0.3 is 6.03 Å². The molecule has 4 heteroatoms. The van der Waals surface area contributed by atoms with Crippen LogP contribution in [-0.2, 0) is 4.79 Å². The second-order valence-electron chi connectivity index (χ2n) is 4.76. The first kappa shape index (κ1) is 12.6. The van der Waals surface area contributed by atoms with E-state index in [9.17, 15) is 9.59 Å². The van der Waals surface area contributed by atoms with E-state index in [0.29, 0.717) is 12.5 Å². The smallest absolute Gasteiger partial charge is 0.322 e. The number of imide groups is 1. The minimum Gasteiger partial charge on any atom is -0.322 e. The summed E-state index contributed by atoms with van der Waals surface area (Å²) in [6.45, 7) is 4.58. The molecule has 0 saturated carbocycles. The van der Waals surface area contributed by atoms with Crippen LogP contribution in [0.2, 0.25) is 0 Å². The summed E-state index contributed by atoms with van der Waals surface area (Å²) in [6.07, 6.45) is 0.951. The van der Waals surface area contributed by atoms with Crippen LogP contribution in [0.25, 0.3) is 0 Å². The Bertz CT molecular complexity index is 444. The van der Waals surface area contributed by atoms with Gasteiger partial charge in [-0.2, -0.15) is 0 Å². The molecule has 18 heavy (non-hydrogen) atoms. The molecular weight excluding hydrogens is 228 g/mol. The van der Waals surface area contributed by atoms with E-state index in [4.69, 9.17) is 0 Å². The topological polar surface area (TPSA) is 49.4 Å². The number of urea groups is 1. The zero-order valence-electron chi connectivity index (χ0n) is 10.7. The maximum Gasteiger partial charge on any atom is 0.325 e. The van der Waals surface area contributed by atoms with E-state index in [-0.39, 0.29) is 11.9 Å². The van der Waals surface area contributed by atoms with Crippen LogP contribution in [0.5, 0.6) is 0 Å². The van der Waals surface area contributed by atoms with Gasteiger partial charge < -0.3 is 5.32 Å². The van der Waals surface area contributed by atoms with E-state index >= 15 is 0 Å². The number of hydrogen-bond acceptors (Lipinski definition) is 2. The number of carbonyl (C=O) groups excluding carboxylic acids is 2. The van der Waals surface area contributed by atoms with Crippen LogP contribution in [0.4, 0.5) is 4.79 Å². The number of nitrogens with zero attached hydrogens (tertiary/aromatic N) is 1. The number of nitrogens with one attached hydrogen (secondary N) is 1. The Morgan fingerprint density at radius 1 is 1.28 bits per heavy atom. The van der Waals surface area contributed by atoms with Crippen LogP contribution in [0.15, 0.2) is 30.3 Å². The van der Waals surface area contributed by atoms with Crippen molar-refractivity contribution in [3.8, 4) is 0 Å². The molecule has 1 aliphatic rings. The van der Waals surface area contributed by atoms with E-state index in [1.807, 2.05) is 37.3 Å². The minimum atomic E-state index is -0.525. The van der Waals surface area contributed by atoms with Gasteiger partial charge in [0.2, 0.25) is 0 Å². The predicted molar refractivity (Wildman–Crippen MR) is 68.9 cm³/mol. The monoisotopic (exact) mass is 246 g/mol. The molecule has 4 nitrogen and oxygen atoms in total. The number of amides is 3. The fourth-order valence-corrected chi connectivity index (χ4v) is 2.00. The van der Waals surface area contributed by atoms with Gasteiger partial charge in [0.05, 0.1) is 0 Å². The molecule has 96 valence electrons. The Kier molecular flexibility index (Phi) is 3.65. The van der Waals surface area contributed by atoms with E-state index in [2.05, 4.69) is 12.2 Å². The van der Waals surface area contributed by atoms with Crippen molar-refractivity contribution >= 4 is 11.9 Å². The quantitative estimate of drug-likeness (QED) is 0.829. The van der Waals surface area contributed by atoms with Crippen molar-refractivity contribution in [2.45, 2.75) is 26.3 Å². The van der Waals surface area contributed by atoms with E-state index in [1.54, 1.807) is 0 Å². The molecule has 2 atom stereocenters. The first-order valence-electron chi connectivity index (χ1n) is 6.30. The molecule has 0 bridgehead atoms. The van der Waals surface area contributed by atoms with Gasteiger partial charge in [0.15, 0.2) is 0 Å². The third-order valence-corrected chi connectivity index (χ3v) is 3.35. The summed E-state index contributed by atoms with van der Waals surface area (Å²) in [4.78, 5) is 25.3. The van der Waals surface area contributed by atoms with E-state index < -0.39 is 6.04 Å². The summed E-state index contributed by atoms with van der Waals surface area (Å²) in [5.74, 6) is 0.181. The molecule has 1 heterocycles. The average molecular weight is 246 g/mol. The number of carbonyl (C=O) groups is 2. The molecular formula is C14H18N2O2. The third-order valence-electron chi connectivity index (χ3n) is 3.35. The van der Waals surface area contributed by atoms with Crippen LogP contribution in [0.1, 0.15) is 31.9 Å². The zero-order valence-corrected chi connectivity index (χ0v) is 10.7. The summed E-state index contributed by atoms with van der Waals surface area (Å²) >= 11 is 0. The van der Waals surface area contributed by atoms with Crippen molar-refractivity contribution in [1.29, 1.82) is 0 Å². The maximum absolute atomic E-state index is 12.2. The molecule has 2 rings (SSSR count). The van der Waals surface area contributed by atoms with Gasteiger partial charge in [-0.1, -0.05) is 50.6 Å². The Morgan fingerprint density at radius 2 is 1.94 bits per heavy atom. The number of hydrogen-bond donors (Lipinski definition) is 1. The van der Waals surface area contributed by atoms with Gasteiger partial charge in [-0.05, 0) is 11.5 Å². The highest BCUT2D eigenvalue weighted by atomic mass is 16.2. The molecule has 0 aliphatic carbocycles. The fourth-order valence-electron chi connectivity index (χ4n) is 2.00. The van der Waals surface area contributed by atoms with Gasteiger partial charge in [-0.25, -0.2) is 4.79 Å². The molecule has 1 aromatic carbocycles. The lowest BCUT2D eigenvalue weighted by Gasteiger charge is -2.17. The molecule has 1 aromatic rings. The first-order valence-corrected chi connectivity index (χ1v) is 6.30. The lowest BCUT2D eigenvalue weighted by atomic mass is 10.1. The highest BCUT2D eigenvalue weighted by Gasteiger charge is 2.38. The van der Waals surface area contributed by atoms with E-state index in [0.717, 1.165) is 12.0 Å². The summed E-state index contributed by atoms with van der Waals surface area (Å²) < 4.78 is 0. The summed E-state index contributed by atoms with van der Waals surface area (Å²) in [7, 11) is 0. The molecule has 1 fully saturated rings. The van der Waals surface area contributed by atoms with Crippen LogP contribution in [0, 0.1) is 5.92 Å². The van der Waals surface area contributed by atoms with Crippen LogP contribution < -0.4 is 5.32 Å². The summed E-state index contributed by atoms with van der Waals surface area (Å²) in [6, 6.07) is 8.53. The van der Waals surface area contributed by atoms with E-state index in [1.165, 1.54) is 4.90 Å². The third kappa shape index (κ3) is 2.37. The highest BCUT2D eigenvalue weighted by molar-refractivity contribution is 6.04. The lowest BCUT2D eigenvalue weighted by molar-refractivity contribution is -0.128. The molecule has 1 aliphatic heterocycles. The standard InChI is InChI=1S/C14H18N2O2/c1-3-10(2)9-16-13(17)12(15-14(16)18)11-7-5-4-6-8-11/h4-8,10,12H,3,9H2,1-2H3,(H,15,18). The van der Waals surface area contributed by atoms with Crippen molar-refractivity contribution in [2.75, 3.05) is 6.54 Å². The molecule has 3 amide bonds. The molecule has 0 radical (unpaired) electrons. The molecule has 2 unspecified atom stereocenters. The average Bonchev–Trinajstić information content (AvgIpc) is 2.67. The summed E-state index contributed by atoms with van der Waals surface area (Å²) in [5.41, 5.74) is 0.836. The van der Waals surface area contributed by atoms with Crippen LogP contribution in [-0.4, -0.2) is 23.4 Å². The normalized spacial score (nSPS) is 21.0. The highest BCUT2D eigenvalue weighted by Crippen LogP contribution is 2.22. The Morgan fingerprint density at radius 3 is 2.56 bits per heavy atom. The zero-order chi connectivity index (χ0) is 13.1. The number of benzene rings is 1. The van der Waals surface area contributed by atoms with Gasteiger partial charge in [0.25, 0.3) is 5.91 Å². The molecule has 1 saturated heterocycles. The van der Waals surface area contributed by atoms with Crippen molar-refractivity contribution in [3.63, 3.8) is 0 Å². The molecule has 0 spiro atoms. The Hall–Kier alpha value is -1.84. The Labute approximate surface area is 107 Å². The van der Waals surface area contributed by atoms with Crippen molar-refractivity contribution in [2.24, 2.45) is 5.92 Å². The SMILES string of the molecule is CCC(C)CN1C(=O)NC(c2ccccc2)C1=O.